The Hall–Kier alpha value is -7.67. The minimum Gasteiger partial charge on any atom is -0.494 e. The van der Waals surface area contributed by atoms with Gasteiger partial charge in [-0.25, -0.2) is 15.8 Å². The minimum absolute atomic E-state index is 0.173. The molecule has 1 saturated heterocycles. The third-order valence-electron chi connectivity index (χ3n) is 11.6. The Bertz CT molecular complexity index is 2580. The number of carbonyl (C=O) groups is 5. The Balaban J connectivity index is 0.732. The second-order valence-corrected chi connectivity index (χ2v) is 16.5. The van der Waals surface area contributed by atoms with Crippen LogP contribution in [-0.2, 0) is 41.1 Å². The molecule has 7 rings (SSSR count). The van der Waals surface area contributed by atoms with E-state index < -0.39 is 11.9 Å². The van der Waals surface area contributed by atoms with Crippen molar-refractivity contribution in [2.45, 2.75) is 89.9 Å². The molecule has 3 aromatic carbocycles. The first-order valence-corrected chi connectivity index (χ1v) is 22.5. The van der Waals surface area contributed by atoms with Crippen molar-refractivity contribution in [1.29, 1.82) is 0 Å². The smallest absolute Gasteiger partial charge is 0.255 e. The number of anilines is 2. The van der Waals surface area contributed by atoms with Crippen LogP contribution >= 0.6 is 0 Å². The molecule has 5 amide bonds. The number of nitrogens with two attached hydrogens (primary N) is 2. The van der Waals surface area contributed by atoms with Crippen molar-refractivity contribution in [3.05, 3.63) is 125 Å². The first-order chi connectivity index (χ1) is 32.5. The molecule has 0 radical (unpaired) electrons. The number of hydrogen-bond donors (Lipinski definition) is 6. The van der Waals surface area contributed by atoms with Crippen LogP contribution in [0, 0.1) is 0 Å². The highest BCUT2D eigenvalue weighted by Gasteiger charge is 2.40. The number of piperidine rings is 1. The van der Waals surface area contributed by atoms with Crippen molar-refractivity contribution >= 4 is 40.9 Å². The molecule has 5 aromatic rings. The summed E-state index contributed by atoms with van der Waals surface area (Å²) in [6.07, 6.45) is 11.2. The lowest BCUT2D eigenvalue weighted by Crippen LogP contribution is -2.52. The zero-order chi connectivity index (χ0) is 47.1. The maximum atomic E-state index is 13.1. The number of hydrogen-bond acceptors (Lipinski definition) is 14. The third-order valence-corrected chi connectivity index (χ3v) is 11.6. The van der Waals surface area contributed by atoms with E-state index in [9.17, 15) is 24.0 Å². The van der Waals surface area contributed by atoms with Gasteiger partial charge in [-0.3, -0.25) is 29.3 Å². The molecule has 1 fully saturated rings. The summed E-state index contributed by atoms with van der Waals surface area (Å²) >= 11 is 0. The lowest BCUT2D eigenvalue weighted by atomic mass is 10.0. The van der Waals surface area contributed by atoms with Crippen LogP contribution in [0.15, 0.2) is 97.2 Å². The molecule has 2 aliphatic rings. The van der Waals surface area contributed by atoms with Gasteiger partial charge in [-0.05, 0) is 92.6 Å². The van der Waals surface area contributed by atoms with Gasteiger partial charge in [0, 0.05) is 85.7 Å². The second-order valence-electron chi connectivity index (χ2n) is 16.5. The number of aromatic nitrogens is 5. The molecule has 2 aliphatic heterocycles. The summed E-state index contributed by atoms with van der Waals surface area (Å²) < 4.78 is 7.88. The molecular formula is C48H57N13O6. The van der Waals surface area contributed by atoms with Crippen molar-refractivity contribution in [1.82, 2.24) is 45.3 Å². The van der Waals surface area contributed by atoms with Crippen LogP contribution in [0.3, 0.4) is 0 Å². The molecule has 19 heteroatoms. The van der Waals surface area contributed by atoms with Crippen LogP contribution in [0.5, 0.6) is 5.75 Å². The highest BCUT2D eigenvalue weighted by molar-refractivity contribution is 6.06. The van der Waals surface area contributed by atoms with Crippen LogP contribution in [-0.4, -0.2) is 83.4 Å². The number of amides is 5. The molecule has 0 aliphatic carbocycles. The Morgan fingerprint density at radius 2 is 1.76 bits per heavy atom. The lowest BCUT2D eigenvalue weighted by molar-refractivity contribution is -0.137. The van der Waals surface area contributed by atoms with Crippen molar-refractivity contribution < 1.29 is 28.7 Å². The predicted octanol–water partition coefficient (Wildman–Crippen LogP) is 4.69. The van der Waals surface area contributed by atoms with Gasteiger partial charge in [-0.15, -0.1) is 10.2 Å². The van der Waals surface area contributed by atoms with Crippen molar-refractivity contribution in [3.63, 3.8) is 0 Å². The Morgan fingerprint density at radius 3 is 2.60 bits per heavy atom. The number of rotatable bonds is 23. The highest BCUT2D eigenvalue weighted by Crippen LogP contribution is 2.32. The summed E-state index contributed by atoms with van der Waals surface area (Å²) in [6, 6.07) is 21.2. The van der Waals surface area contributed by atoms with E-state index in [0.717, 1.165) is 42.7 Å². The fraction of sp³-hybridized carbons (Fsp3) is 0.354. The highest BCUT2D eigenvalue weighted by atomic mass is 16.5. The summed E-state index contributed by atoms with van der Waals surface area (Å²) in [5.74, 6) is 6.82. The van der Waals surface area contributed by atoms with Crippen LogP contribution in [0.2, 0.25) is 0 Å². The van der Waals surface area contributed by atoms with E-state index in [1.54, 1.807) is 53.8 Å². The van der Waals surface area contributed by atoms with Gasteiger partial charge in [-0.1, -0.05) is 37.1 Å². The summed E-state index contributed by atoms with van der Waals surface area (Å²) in [4.78, 5) is 72.7. The minimum atomic E-state index is -0.722. The monoisotopic (exact) mass is 911 g/mol. The van der Waals surface area contributed by atoms with Gasteiger partial charge in [0.05, 0.1) is 13.2 Å². The van der Waals surface area contributed by atoms with E-state index >= 15 is 0 Å². The fourth-order valence-corrected chi connectivity index (χ4v) is 7.95. The van der Waals surface area contributed by atoms with E-state index in [2.05, 4.69) is 41.4 Å². The zero-order valence-corrected chi connectivity index (χ0v) is 37.6. The summed E-state index contributed by atoms with van der Waals surface area (Å²) in [5.41, 5.74) is 11.4. The first-order valence-electron chi connectivity index (χ1n) is 22.5. The largest absolute Gasteiger partial charge is 0.494 e. The van der Waals surface area contributed by atoms with E-state index in [0.29, 0.717) is 90.9 Å². The number of nitrogens with one attached hydrogen (secondary N) is 4. The van der Waals surface area contributed by atoms with E-state index in [1.165, 1.54) is 11.2 Å². The number of carbonyl (C=O) groups excluding carboxylic acids is 5. The van der Waals surface area contributed by atoms with E-state index in [4.69, 9.17) is 16.3 Å². The Morgan fingerprint density at radius 1 is 0.940 bits per heavy atom. The van der Waals surface area contributed by atoms with E-state index in [1.807, 2.05) is 48.0 Å². The number of hydrazine groups is 1. The van der Waals surface area contributed by atoms with Gasteiger partial charge in [0.2, 0.25) is 17.7 Å². The molecular weight excluding hydrogens is 855 g/mol. The lowest BCUT2D eigenvalue weighted by Gasteiger charge is -2.29. The molecule has 350 valence electrons. The maximum Gasteiger partial charge on any atom is 0.255 e. The van der Waals surface area contributed by atoms with Crippen molar-refractivity contribution in [2.75, 3.05) is 23.8 Å². The number of nitrogens with zero attached hydrogens (tertiary/aromatic N) is 7. The Kier molecular flexibility index (Phi) is 16.2. The van der Waals surface area contributed by atoms with Gasteiger partial charge in [0.1, 0.15) is 23.8 Å². The average molecular weight is 912 g/mol. The molecule has 0 saturated carbocycles. The van der Waals surface area contributed by atoms with E-state index in [-0.39, 0.29) is 49.4 Å². The summed E-state index contributed by atoms with van der Waals surface area (Å²) in [7, 11) is 1.88. The summed E-state index contributed by atoms with van der Waals surface area (Å²) in [6.45, 7) is 2.16. The zero-order valence-electron chi connectivity index (χ0n) is 37.6. The summed E-state index contributed by atoms with van der Waals surface area (Å²) in [5, 5.41) is 21.7. The SMILES string of the molecule is Cn1c(CNc2cccc(C(=O)NCc3cccc(OCCCCCCN(N)/C=C(\N)CCCCC(=O)Nc4cccc5c4CN(C4CCC(=O)NC4=O)C5=O)c3)c2)nnc1-c1ccncn1. The van der Waals surface area contributed by atoms with Gasteiger partial charge in [-0.2, -0.15) is 0 Å². The predicted molar refractivity (Wildman–Crippen MR) is 250 cm³/mol. The topological polar surface area (TPSA) is 258 Å². The molecule has 67 heavy (non-hydrogen) atoms. The number of fused-ring (bicyclic) bond motifs is 1. The molecule has 0 bridgehead atoms. The number of ether oxygens (including phenoxy) is 1. The van der Waals surface area contributed by atoms with Crippen molar-refractivity contribution in [3.8, 4) is 17.3 Å². The van der Waals surface area contributed by atoms with Crippen LogP contribution < -0.4 is 37.6 Å². The first kappa shape index (κ1) is 47.3. The molecule has 4 heterocycles. The number of unbranched alkanes of at least 4 members (excludes halogenated alkanes) is 4. The fourth-order valence-electron chi connectivity index (χ4n) is 7.95. The standard InChI is InChI=1S/C48H57N13O6/c1-59-42(57-58-45(59)40-21-22-51-31-54-40)28-52-35-14-9-12-33(26-35)46(64)53-27-32-11-8-15-36(25-32)67-24-7-3-2-6-23-60(50)29-34(49)13-4-5-18-43(62)55-39-17-10-16-37-38(39)30-61(48(37)66)41-19-20-44(63)56-47(41)65/h8-12,14-17,21-22,25-26,29,31,41,52H,2-7,13,18-20,23-24,27-28,30,49-50H2,1H3,(H,53,64)(H,55,62)(H,56,63,65)/b34-29-. The van der Waals surface area contributed by atoms with Crippen LogP contribution in [0.1, 0.15) is 102 Å². The average Bonchev–Trinajstić information content (AvgIpc) is 3.87. The molecule has 2 aromatic heterocycles. The van der Waals surface area contributed by atoms with Gasteiger partial charge in [0.15, 0.2) is 11.6 Å². The number of imide groups is 1. The maximum absolute atomic E-state index is 13.1. The van der Waals surface area contributed by atoms with Gasteiger partial charge >= 0.3 is 0 Å². The van der Waals surface area contributed by atoms with Crippen LogP contribution in [0.25, 0.3) is 11.5 Å². The molecule has 19 nitrogen and oxygen atoms in total. The van der Waals surface area contributed by atoms with Gasteiger partial charge in [0.25, 0.3) is 11.8 Å². The normalized spacial score (nSPS) is 14.7. The van der Waals surface area contributed by atoms with Gasteiger partial charge < -0.3 is 40.9 Å². The molecule has 1 atom stereocenters. The number of allylic oxidation sites excluding steroid dienone is 1. The second kappa shape index (κ2) is 23.0. The molecule has 1 unspecified atom stereocenters. The third kappa shape index (κ3) is 13.0. The quantitative estimate of drug-likeness (QED) is 0.0225. The number of benzene rings is 3. The van der Waals surface area contributed by atoms with Crippen molar-refractivity contribution in [2.24, 2.45) is 18.6 Å². The Labute approximate surface area is 388 Å². The molecule has 0 spiro atoms. The van der Waals surface area contributed by atoms with Crippen LogP contribution in [0.4, 0.5) is 11.4 Å². The molecule has 8 N–H and O–H groups in total.